The second-order valence-electron chi connectivity index (χ2n) is 7.59. The highest BCUT2D eigenvalue weighted by Gasteiger charge is 2.34. The number of benzene rings is 2. The molecule has 0 radical (unpaired) electrons. The highest BCUT2D eigenvalue weighted by Crippen LogP contribution is 2.28. The van der Waals surface area contributed by atoms with Crippen molar-refractivity contribution in [1.82, 2.24) is 4.90 Å². The van der Waals surface area contributed by atoms with Gasteiger partial charge in [-0.2, -0.15) is 0 Å². The number of halogens is 1. The van der Waals surface area contributed by atoms with Gasteiger partial charge in [0.15, 0.2) is 0 Å². The summed E-state index contributed by atoms with van der Waals surface area (Å²) in [4.78, 5) is 2.46. The Kier molecular flexibility index (Phi) is 6.93. The molecule has 2 fully saturated rings. The first-order valence-corrected chi connectivity index (χ1v) is 9.81. The zero-order valence-corrected chi connectivity index (χ0v) is 16.2. The number of aliphatic hydroxyl groups is 1. The van der Waals surface area contributed by atoms with Crippen LogP contribution in [0.3, 0.4) is 0 Å². The first-order chi connectivity index (χ1) is 12.3. The van der Waals surface area contributed by atoms with E-state index in [0.717, 1.165) is 39.0 Å². The summed E-state index contributed by atoms with van der Waals surface area (Å²) in [6.45, 7) is 2.63. The summed E-state index contributed by atoms with van der Waals surface area (Å²) in [5.74, 6) is 0. The van der Waals surface area contributed by atoms with E-state index in [1.54, 1.807) is 0 Å². The minimum absolute atomic E-state index is 0. The average molecular weight is 376 g/mol. The predicted octanol–water partition coefficient (Wildman–Crippen LogP) is 4.20. The molecule has 1 saturated carbocycles. The van der Waals surface area contributed by atoms with Gasteiger partial charge >= 0.3 is 0 Å². The van der Waals surface area contributed by atoms with E-state index >= 15 is 0 Å². The zero-order chi connectivity index (χ0) is 17.1. The highest BCUT2D eigenvalue weighted by atomic mass is 35.5. The molecule has 0 amide bonds. The fourth-order valence-electron chi connectivity index (χ4n) is 4.59. The Hall–Kier alpha value is -1.13. The number of aliphatic hydroxyl groups excluding tert-OH is 1. The Labute approximate surface area is 162 Å². The maximum Gasteiger partial charge on any atom is 0.0730 e. The molecule has 4 rings (SSSR count). The molecule has 2 aliphatic rings. The molecular formula is C22H30ClNO2. The van der Waals surface area contributed by atoms with E-state index in [-0.39, 0.29) is 18.5 Å². The number of hydrogen-bond acceptors (Lipinski definition) is 3. The lowest BCUT2D eigenvalue weighted by Crippen LogP contribution is -2.46. The van der Waals surface area contributed by atoms with Gasteiger partial charge < -0.3 is 9.84 Å². The van der Waals surface area contributed by atoms with E-state index in [1.165, 1.54) is 35.6 Å². The van der Waals surface area contributed by atoms with Crippen LogP contribution < -0.4 is 0 Å². The first kappa shape index (κ1) is 19.6. The van der Waals surface area contributed by atoms with Crippen LogP contribution in [0.25, 0.3) is 10.8 Å². The SMILES string of the molecule is Cl.OC1CCN([C@H]2CCCC[C@H]2OCCc2cccc3ccccc23)C1. The molecule has 1 aliphatic heterocycles. The monoisotopic (exact) mass is 375 g/mol. The van der Waals surface area contributed by atoms with Crippen LogP contribution in [0.2, 0.25) is 0 Å². The van der Waals surface area contributed by atoms with Gasteiger partial charge in [-0.05, 0) is 42.0 Å². The maximum atomic E-state index is 9.86. The number of hydrogen-bond donors (Lipinski definition) is 1. The van der Waals surface area contributed by atoms with E-state index in [4.69, 9.17) is 4.74 Å². The van der Waals surface area contributed by atoms with Gasteiger partial charge in [-0.25, -0.2) is 0 Å². The Morgan fingerprint density at radius 3 is 2.65 bits per heavy atom. The summed E-state index contributed by atoms with van der Waals surface area (Å²) in [5, 5.41) is 12.5. The predicted molar refractivity (Wildman–Crippen MR) is 109 cm³/mol. The number of nitrogens with zero attached hydrogens (tertiary/aromatic N) is 1. The van der Waals surface area contributed by atoms with E-state index in [2.05, 4.69) is 47.4 Å². The van der Waals surface area contributed by atoms with Gasteiger partial charge in [-0.3, -0.25) is 4.90 Å². The molecule has 1 N–H and O–H groups in total. The van der Waals surface area contributed by atoms with E-state index < -0.39 is 0 Å². The van der Waals surface area contributed by atoms with Crippen LogP contribution in [0.15, 0.2) is 42.5 Å². The lowest BCUT2D eigenvalue weighted by molar-refractivity contribution is -0.0315. The zero-order valence-electron chi connectivity index (χ0n) is 15.3. The number of β-amino-alcohol motifs (C(OH)–C–C–N with tert-alkyl or cyclic N) is 1. The third-order valence-corrected chi connectivity index (χ3v) is 5.91. The molecule has 1 aliphatic carbocycles. The molecule has 26 heavy (non-hydrogen) atoms. The summed E-state index contributed by atoms with van der Waals surface area (Å²) < 4.78 is 6.37. The van der Waals surface area contributed by atoms with Crippen molar-refractivity contribution in [2.45, 2.75) is 56.8 Å². The summed E-state index contributed by atoms with van der Waals surface area (Å²) in [7, 11) is 0. The highest BCUT2D eigenvalue weighted by molar-refractivity contribution is 5.86. The molecule has 2 aromatic carbocycles. The average Bonchev–Trinajstić information content (AvgIpc) is 3.08. The lowest BCUT2D eigenvalue weighted by atomic mass is 9.91. The van der Waals surface area contributed by atoms with Gasteiger partial charge in [0.05, 0.1) is 18.8 Å². The third-order valence-electron chi connectivity index (χ3n) is 5.91. The van der Waals surface area contributed by atoms with Crippen molar-refractivity contribution in [3.63, 3.8) is 0 Å². The normalized spacial score (nSPS) is 26.7. The van der Waals surface area contributed by atoms with Crippen molar-refractivity contribution in [3.05, 3.63) is 48.0 Å². The van der Waals surface area contributed by atoms with Gasteiger partial charge in [0.1, 0.15) is 0 Å². The summed E-state index contributed by atoms with van der Waals surface area (Å²) in [6.07, 6.45) is 7.00. The van der Waals surface area contributed by atoms with Crippen LogP contribution in [0, 0.1) is 0 Å². The molecule has 1 saturated heterocycles. The minimum Gasteiger partial charge on any atom is -0.392 e. The Morgan fingerprint density at radius 1 is 1.00 bits per heavy atom. The van der Waals surface area contributed by atoms with Crippen molar-refractivity contribution in [1.29, 1.82) is 0 Å². The van der Waals surface area contributed by atoms with Crippen molar-refractivity contribution < 1.29 is 9.84 Å². The largest absolute Gasteiger partial charge is 0.392 e. The van der Waals surface area contributed by atoms with E-state index in [9.17, 15) is 5.11 Å². The van der Waals surface area contributed by atoms with Crippen molar-refractivity contribution >= 4 is 23.2 Å². The summed E-state index contributed by atoms with van der Waals surface area (Å²) >= 11 is 0. The maximum absolute atomic E-state index is 9.86. The second kappa shape index (κ2) is 9.18. The molecule has 4 heteroatoms. The van der Waals surface area contributed by atoms with Crippen LogP contribution in [0.5, 0.6) is 0 Å². The topological polar surface area (TPSA) is 32.7 Å². The van der Waals surface area contributed by atoms with Crippen LogP contribution in [-0.4, -0.2) is 48.0 Å². The Balaban J connectivity index is 0.00000196. The molecule has 2 aromatic rings. The summed E-state index contributed by atoms with van der Waals surface area (Å²) in [5.41, 5.74) is 1.38. The Bertz CT molecular complexity index is 702. The molecule has 0 aromatic heterocycles. The third kappa shape index (κ3) is 4.40. The number of rotatable bonds is 5. The molecule has 0 bridgehead atoms. The second-order valence-corrected chi connectivity index (χ2v) is 7.59. The van der Waals surface area contributed by atoms with Crippen molar-refractivity contribution in [2.24, 2.45) is 0 Å². The van der Waals surface area contributed by atoms with Crippen molar-refractivity contribution in [3.8, 4) is 0 Å². The fraction of sp³-hybridized carbons (Fsp3) is 0.545. The molecule has 1 heterocycles. The van der Waals surface area contributed by atoms with Crippen LogP contribution in [0.4, 0.5) is 0 Å². The molecule has 3 atom stereocenters. The number of likely N-dealkylation sites (tertiary alicyclic amines) is 1. The summed E-state index contributed by atoms with van der Waals surface area (Å²) in [6, 6.07) is 15.6. The molecule has 0 spiro atoms. The van der Waals surface area contributed by atoms with Crippen molar-refractivity contribution in [2.75, 3.05) is 19.7 Å². The Morgan fingerprint density at radius 2 is 1.81 bits per heavy atom. The van der Waals surface area contributed by atoms with E-state index in [0.29, 0.717) is 12.1 Å². The quantitative estimate of drug-likeness (QED) is 0.850. The van der Waals surface area contributed by atoms with Crippen LogP contribution >= 0.6 is 12.4 Å². The minimum atomic E-state index is -0.141. The van der Waals surface area contributed by atoms with Gasteiger partial charge in [0.2, 0.25) is 0 Å². The number of fused-ring (bicyclic) bond motifs is 1. The van der Waals surface area contributed by atoms with Gasteiger partial charge in [-0.15, -0.1) is 12.4 Å². The van der Waals surface area contributed by atoms with Crippen LogP contribution in [-0.2, 0) is 11.2 Å². The lowest BCUT2D eigenvalue weighted by Gasteiger charge is -2.37. The van der Waals surface area contributed by atoms with Gasteiger partial charge in [-0.1, -0.05) is 55.3 Å². The fourth-order valence-corrected chi connectivity index (χ4v) is 4.59. The number of ether oxygens (including phenoxy) is 1. The van der Waals surface area contributed by atoms with Gasteiger partial charge in [0, 0.05) is 19.1 Å². The molecule has 3 nitrogen and oxygen atoms in total. The molecule has 1 unspecified atom stereocenters. The standard InChI is InChI=1S/C22H29NO2.ClH/c24-19-12-14-23(16-19)21-10-3-4-11-22(21)25-15-13-18-8-5-7-17-6-1-2-9-20(17)18;/h1-2,5-9,19,21-22,24H,3-4,10-16H2;1H/t19?,21-,22+;/m0./s1. The first-order valence-electron chi connectivity index (χ1n) is 9.81. The smallest absolute Gasteiger partial charge is 0.0730 e. The van der Waals surface area contributed by atoms with E-state index in [1.807, 2.05) is 0 Å². The van der Waals surface area contributed by atoms with Crippen LogP contribution in [0.1, 0.15) is 37.7 Å². The molecular weight excluding hydrogens is 346 g/mol. The van der Waals surface area contributed by atoms with Gasteiger partial charge in [0.25, 0.3) is 0 Å². The molecule has 142 valence electrons.